The lowest BCUT2D eigenvalue weighted by Gasteiger charge is -2.25. The third-order valence-electron chi connectivity index (χ3n) is 4.14. The second kappa shape index (κ2) is 4.36. The average Bonchev–Trinajstić information content (AvgIpc) is 2.82. The molecular formula is C13H23NO2. The average molecular weight is 225 g/mol. The summed E-state index contributed by atoms with van der Waals surface area (Å²) in [6.07, 6.45) is 4.32. The number of carbonyl (C=O) groups is 1. The van der Waals surface area contributed by atoms with Crippen molar-refractivity contribution in [2.45, 2.75) is 39.5 Å². The van der Waals surface area contributed by atoms with Crippen LogP contribution >= 0.6 is 0 Å². The van der Waals surface area contributed by atoms with Gasteiger partial charge in [-0.05, 0) is 42.9 Å². The highest BCUT2D eigenvalue weighted by Crippen LogP contribution is 2.54. The van der Waals surface area contributed by atoms with Crippen LogP contribution < -0.4 is 5.32 Å². The molecule has 0 aromatic carbocycles. The minimum Gasteiger partial charge on any atom is -0.396 e. The Kier molecular flexibility index (Phi) is 3.24. The molecule has 1 amide bonds. The highest BCUT2D eigenvalue weighted by Gasteiger charge is 2.47. The molecule has 2 rings (SSSR count). The summed E-state index contributed by atoms with van der Waals surface area (Å²) in [5, 5.41) is 11.9. The van der Waals surface area contributed by atoms with Crippen molar-refractivity contribution in [2.75, 3.05) is 13.2 Å². The summed E-state index contributed by atoms with van der Waals surface area (Å²) in [7, 11) is 0. The lowest BCUT2D eigenvalue weighted by Crippen LogP contribution is -2.37. The topological polar surface area (TPSA) is 49.3 Å². The minimum absolute atomic E-state index is 0.00589. The molecule has 3 heteroatoms. The third-order valence-corrected chi connectivity index (χ3v) is 4.14. The van der Waals surface area contributed by atoms with Gasteiger partial charge in [-0.2, -0.15) is 0 Å². The highest BCUT2D eigenvalue weighted by molar-refractivity contribution is 5.79. The number of hydrogen-bond acceptors (Lipinski definition) is 2. The van der Waals surface area contributed by atoms with Gasteiger partial charge in [-0.25, -0.2) is 0 Å². The van der Waals surface area contributed by atoms with E-state index < -0.39 is 0 Å². The summed E-state index contributed by atoms with van der Waals surface area (Å²) in [5.74, 6) is 2.23. The normalized spacial score (nSPS) is 32.3. The van der Waals surface area contributed by atoms with E-state index in [1.54, 1.807) is 0 Å². The number of carbonyl (C=O) groups excluding carboxylic acids is 1. The Bertz CT molecular complexity index is 265. The van der Waals surface area contributed by atoms with Crippen LogP contribution in [0.5, 0.6) is 0 Å². The zero-order chi connectivity index (χ0) is 11.8. The van der Waals surface area contributed by atoms with E-state index >= 15 is 0 Å². The number of aliphatic hydroxyl groups excluding tert-OH is 1. The zero-order valence-corrected chi connectivity index (χ0v) is 10.3. The predicted molar refractivity (Wildman–Crippen MR) is 62.8 cm³/mol. The molecule has 2 unspecified atom stereocenters. The van der Waals surface area contributed by atoms with E-state index in [2.05, 4.69) is 19.2 Å². The number of fused-ring (bicyclic) bond motifs is 1. The second-order valence-electron chi connectivity index (χ2n) is 6.28. The molecule has 0 radical (unpaired) electrons. The maximum atomic E-state index is 11.9. The minimum atomic E-state index is 0.00589. The number of aliphatic hydroxyl groups is 1. The lowest BCUT2D eigenvalue weighted by molar-refractivity contribution is -0.125. The van der Waals surface area contributed by atoms with E-state index in [4.69, 9.17) is 5.11 Å². The van der Waals surface area contributed by atoms with Crippen molar-refractivity contribution in [1.82, 2.24) is 5.32 Å². The van der Waals surface area contributed by atoms with E-state index in [0.29, 0.717) is 6.54 Å². The highest BCUT2D eigenvalue weighted by atomic mass is 16.3. The molecule has 0 aromatic rings. The van der Waals surface area contributed by atoms with Crippen LogP contribution in [0.25, 0.3) is 0 Å². The van der Waals surface area contributed by atoms with Crippen molar-refractivity contribution in [3.8, 4) is 0 Å². The van der Waals surface area contributed by atoms with Crippen molar-refractivity contribution >= 4 is 5.91 Å². The molecule has 0 heterocycles. The van der Waals surface area contributed by atoms with E-state index in [1.165, 1.54) is 6.42 Å². The fraction of sp³-hybridized carbons (Fsp3) is 0.923. The van der Waals surface area contributed by atoms with Gasteiger partial charge < -0.3 is 10.4 Å². The van der Waals surface area contributed by atoms with Crippen molar-refractivity contribution in [3.63, 3.8) is 0 Å². The van der Waals surface area contributed by atoms with Crippen molar-refractivity contribution in [3.05, 3.63) is 0 Å². The summed E-state index contributed by atoms with van der Waals surface area (Å²) in [5.41, 5.74) is 0.00589. The Hall–Kier alpha value is -0.570. The van der Waals surface area contributed by atoms with Gasteiger partial charge in [-0.3, -0.25) is 4.79 Å². The molecule has 2 N–H and O–H groups in total. The molecule has 2 saturated carbocycles. The van der Waals surface area contributed by atoms with Gasteiger partial charge in [0.2, 0.25) is 5.91 Å². The molecule has 0 spiro atoms. The molecule has 0 aliphatic heterocycles. The van der Waals surface area contributed by atoms with Gasteiger partial charge in [0.15, 0.2) is 0 Å². The number of hydrogen-bond donors (Lipinski definition) is 2. The van der Waals surface area contributed by atoms with Gasteiger partial charge in [0, 0.05) is 19.1 Å². The number of rotatable bonds is 5. The van der Waals surface area contributed by atoms with Crippen LogP contribution in [0.15, 0.2) is 0 Å². The van der Waals surface area contributed by atoms with E-state index in [9.17, 15) is 4.79 Å². The zero-order valence-electron chi connectivity index (χ0n) is 10.3. The molecule has 2 fully saturated rings. The van der Waals surface area contributed by atoms with Crippen LogP contribution in [0.1, 0.15) is 39.5 Å². The van der Waals surface area contributed by atoms with Gasteiger partial charge in [-0.15, -0.1) is 0 Å². The van der Waals surface area contributed by atoms with Crippen LogP contribution in [0.3, 0.4) is 0 Å². The monoisotopic (exact) mass is 225 g/mol. The fourth-order valence-electron chi connectivity index (χ4n) is 2.79. The standard InChI is InChI=1S/C13H23NO2/c1-13(2,3-4-15)8-14-12(16)11-6-9-5-10(9)7-11/h9-11,15H,3-8H2,1-2H3,(H,14,16). The Morgan fingerprint density at radius 2 is 1.94 bits per heavy atom. The molecule has 2 aliphatic carbocycles. The first-order valence-electron chi connectivity index (χ1n) is 6.40. The fourth-order valence-corrected chi connectivity index (χ4v) is 2.79. The first-order chi connectivity index (χ1) is 7.52. The molecule has 2 aliphatic rings. The molecule has 2 atom stereocenters. The summed E-state index contributed by atoms with van der Waals surface area (Å²) >= 11 is 0. The molecule has 16 heavy (non-hydrogen) atoms. The second-order valence-corrected chi connectivity index (χ2v) is 6.28. The largest absolute Gasteiger partial charge is 0.396 e. The van der Waals surface area contributed by atoms with Gasteiger partial charge >= 0.3 is 0 Å². The van der Waals surface area contributed by atoms with Crippen LogP contribution in [0, 0.1) is 23.2 Å². The van der Waals surface area contributed by atoms with Crippen LogP contribution in [-0.4, -0.2) is 24.2 Å². The Labute approximate surface area is 97.6 Å². The summed E-state index contributed by atoms with van der Waals surface area (Å²) in [4.78, 5) is 11.9. The van der Waals surface area contributed by atoms with Gasteiger partial charge in [-0.1, -0.05) is 13.8 Å². The van der Waals surface area contributed by atoms with Crippen molar-refractivity contribution < 1.29 is 9.90 Å². The first kappa shape index (κ1) is 11.9. The molecule has 0 bridgehead atoms. The number of nitrogens with one attached hydrogen (secondary N) is 1. The third kappa shape index (κ3) is 2.76. The number of amides is 1. The van der Waals surface area contributed by atoms with Crippen LogP contribution in [0.2, 0.25) is 0 Å². The first-order valence-corrected chi connectivity index (χ1v) is 6.40. The maximum Gasteiger partial charge on any atom is 0.223 e. The van der Waals surface area contributed by atoms with Gasteiger partial charge in [0.1, 0.15) is 0 Å². The van der Waals surface area contributed by atoms with E-state index in [0.717, 1.165) is 31.1 Å². The Morgan fingerprint density at radius 3 is 2.50 bits per heavy atom. The molecule has 3 nitrogen and oxygen atoms in total. The van der Waals surface area contributed by atoms with E-state index in [-0.39, 0.29) is 23.8 Å². The maximum absolute atomic E-state index is 11.9. The molecule has 0 aromatic heterocycles. The summed E-state index contributed by atoms with van der Waals surface area (Å²) in [6, 6.07) is 0. The smallest absolute Gasteiger partial charge is 0.223 e. The lowest BCUT2D eigenvalue weighted by atomic mass is 9.89. The van der Waals surface area contributed by atoms with Crippen molar-refractivity contribution in [2.24, 2.45) is 23.2 Å². The quantitative estimate of drug-likeness (QED) is 0.746. The molecule has 92 valence electrons. The Balaban J connectivity index is 1.71. The molecule has 0 saturated heterocycles. The van der Waals surface area contributed by atoms with Crippen molar-refractivity contribution in [1.29, 1.82) is 0 Å². The van der Waals surface area contributed by atoms with Gasteiger partial charge in [0.25, 0.3) is 0 Å². The van der Waals surface area contributed by atoms with E-state index in [1.807, 2.05) is 0 Å². The van der Waals surface area contributed by atoms with Gasteiger partial charge in [0.05, 0.1) is 0 Å². The predicted octanol–water partition coefficient (Wildman–Crippen LogP) is 1.56. The molecular weight excluding hydrogens is 202 g/mol. The summed E-state index contributed by atoms with van der Waals surface area (Å²) < 4.78 is 0. The van der Waals surface area contributed by atoms with Crippen LogP contribution in [-0.2, 0) is 4.79 Å². The Morgan fingerprint density at radius 1 is 1.31 bits per heavy atom. The SMILES string of the molecule is CC(C)(CCO)CNC(=O)C1CC2CC2C1. The summed E-state index contributed by atoms with van der Waals surface area (Å²) in [6.45, 7) is 5.03. The van der Waals surface area contributed by atoms with Crippen LogP contribution in [0.4, 0.5) is 0 Å².